The summed E-state index contributed by atoms with van der Waals surface area (Å²) in [5.41, 5.74) is 3.61. The molecule has 2 aromatic carbocycles. The number of nitrogens with one attached hydrogen (secondary N) is 1. The Morgan fingerprint density at radius 2 is 1.83 bits per heavy atom. The molecule has 1 fully saturated rings. The van der Waals surface area contributed by atoms with Crippen LogP contribution in [0.15, 0.2) is 60.0 Å². The molecule has 0 spiro atoms. The van der Waals surface area contributed by atoms with Crippen molar-refractivity contribution in [2.24, 2.45) is 0 Å². The molecule has 29 heavy (non-hydrogen) atoms. The van der Waals surface area contributed by atoms with Gasteiger partial charge in [-0.3, -0.25) is 10.1 Å². The lowest BCUT2D eigenvalue weighted by atomic mass is 10.1. The molecule has 0 atom stereocenters. The Morgan fingerprint density at radius 1 is 1.10 bits per heavy atom. The summed E-state index contributed by atoms with van der Waals surface area (Å²) < 4.78 is 18.4. The third-order valence-electron chi connectivity index (χ3n) is 4.57. The van der Waals surface area contributed by atoms with Crippen LogP contribution >= 0.6 is 11.3 Å². The average Bonchev–Trinajstić information content (AvgIpc) is 3.22. The third kappa shape index (κ3) is 5.07. The van der Waals surface area contributed by atoms with Gasteiger partial charge in [0, 0.05) is 35.8 Å². The van der Waals surface area contributed by atoms with Crippen molar-refractivity contribution in [2.75, 3.05) is 36.5 Å². The minimum absolute atomic E-state index is 0.248. The topological polar surface area (TPSA) is 54.5 Å². The second-order valence-electron chi connectivity index (χ2n) is 6.56. The highest BCUT2D eigenvalue weighted by molar-refractivity contribution is 7.14. The molecular formula is C22H20FN3O2S. The van der Waals surface area contributed by atoms with Crippen molar-refractivity contribution in [2.45, 2.75) is 0 Å². The summed E-state index contributed by atoms with van der Waals surface area (Å²) in [6.07, 6.45) is 3.26. The highest BCUT2D eigenvalue weighted by Crippen LogP contribution is 2.25. The predicted molar refractivity (Wildman–Crippen MR) is 115 cm³/mol. The zero-order valence-electron chi connectivity index (χ0n) is 15.7. The Balaban J connectivity index is 1.34. The van der Waals surface area contributed by atoms with Crippen LogP contribution in [0.1, 0.15) is 5.56 Å². The average molecular weight is 409 g/mol. The summed E-state index contributed by atoms with van der Waals surface area (Å²) in [6.45, 7) is 3.29. The monoisotopic (exact) mass is 409 g/mol. The van der Waals surface area contributed by atoms with Crippen LogP contribution in [0.4, 0.5) is 15.2 Å². The number of nitrogens with zero attached hydrogens (tertiary/aromatic N) is 2. The first-order valence-electron chi connectivity index (χ1n) is 9.31. The number of hydrogen-bond donors (Lipinski definition) is 1. The van der Waals surface area contributed by atoms with Crippen molar-refractivity contribution in [3.63, 3.8) is 0 Å². The molecule has 0 aliphatic carbocycles. The molecule has 7 heteroatoms. The summed E-state index contributed by atoms with van der Waals surface area (Å²) in [7, 11) is 0. The molecule has 1 aromatic heterocycles. The van der Waals surface area contributed by atoms with Crippen LogP contribution in [0, 0.1) is 5.82 Å². The number of amides is 1. The fourth-order valence-corrected chi connectivity index (χ4v) is 3.74. The van der Waals surface area contributed by atoms with Crippen LogP contribution in [0.2, 0.25) is 0 Å². The molecule has 0 saturated carbocycles. The molecule has 148 valence electrons. The van der Waals surface area contributed by atoms with Crippen molar-refractivity contribution < 1.29 is 13.9 Å². The molecule has 3 aromatic rings. The summed E-state index contributed by atoms with van der Waals surface area (Å²) in [5.74, 6) is -0.539. The predicted octanol–water partition coefficient (Wildman–Crippen LogP) is 4.44. The van der Waals surface area contributed by atoms with Gasteiger partial charge in [-0.05, 0) is 48.0 Å². The number of aromatic nitrogens is 1. The number of halogens is 1. The van der Waals surface area contributed by atoms with Gasteiger partial charge in [-0.2, -0.15) is 0 Å². The van der Waals surface area contributed by atoms with E-state index in [4.69, 9.17) is 4.74 Å². The highest BCUT2D eigenvalue weighted by Gasteiger charge is 2.10. The third-order valence-corrected chi connectivity index (χ3v) is 5.33. The second kappa shape index (κ2) is 8.98. The lowest BCUT2D eigenvalue weighted by Crippen LogP contribution is -2.36. The molecule has 0 bridgehead atoms. The van der Waals surface area contributed by atoms with Crippen LogP contribution in [0.25, 0.3) is 17.3 Å². The Bertz CT molecular complexity index is 994. The molecular weight excluding hydrogens is 389 g/mol. The standard InChI is InChI=1S/C22H20FN3O2S/c23-18-6-4-17(5-7-18)20-15-29-22(24-20)25-21(27)10-3-16-1-8-19(9-2-16)26-11-13-28-14-12-26/h1-10,15H,11-14H2,(H,24,25,27)/b10-3+. The summed E-state index contributed by atoms with van der Waals surface area (Å²) in [5, 5.41) is 5.09. The Morgan fingerprint density at radius 3 is 2.55 bits per heavy atom. The van der Waals surface area contributed by atoms with Gasteiger partial charge in [-0.15, -0.1) is 11.3 Å². The van der Waals surface area contributed by atoms with Crippen molar-refractivity contribution in [3.8, 4) is 11.3 Å². The molecule has 0 radical (unpaired) electrons. The molecule has 1 N–H and O–H groups in total. The van der Waals surface area contributed by atoms with Gasteiger partial charge in [0.2, 0.25) is 5.91 Å². The van der Waals surface area contributed by atoms with E-state index in [9.17, 15) is 9.18 Å². The van der Waals surface area contributed by atoms with E-state index in [1.165, 1.54) is 29.5 Å². The molecule has 1 saturated heterocycles. The van der Waals surface area contributed by atoms with E-state index in [1.54, 1.807) is 18.2 Å². The number of morpholine rings is 1. The first-order chi connectivity index (χ1) is 14.2. The quantitative estimate of drug-likeness (QED) is 0.633. The smallest absolute Gasteiger partial charge is 0.250 e. The number of hydrogen-bond acceptors (Lipinski definition) is 5. The molecule has 2 heterocycles. The van der Waals surface area contributed by atoms with Gasteiger partial charge in [-0.1, -0.05) is 12.1 Å². The number of thiazole rings is 1. The number of rotatable bonds is 5. The van der Waals surface area contributed by atoms with E-state index >= 15 is 0 Å². The zero-order chi connectivity index (χ0) is 20.1. The number of carbonyl (C=O) groups is 1. The van der Waals surface area contributed by atoms with Crippen molar-refractivity contribution in [1.29, 1.82) is 0 Å². The van der Waals surface area contributed by atoms with Crippen molar-refractivity contribution in [3.05, 3.63) is 71.4 Å². The first kappa shape index (κ1) is 19.3. The van der Waals surface area contributed by atoms with Gasteiger partial charge >= 0.3 is 0 Å². The fraction of sp³-hybridized carbons (Fsp3) is 0.182. The molecule has 0 unspecified atom stereocenters. The van der Waals surface area contributed by atoms with Gasteiger partial charge in [-0.25, -0.2) is 9.37 Å². The van der Waals surface area contributed by atoms with Gasteiger partial charge in [0.25, 0.3) is 0 Å². The number of benzene rings is 2. The molecule has 1 aliphatic rings. The Hall–Kier alpha value is -3.03. The molecule has 1 amide bonds. The molecule has 4 rings (SSSR count). The lowest BCUT2D eigenvalue weighted by molar-refractivity contribution is -0.111. The van der Waals surface area contributed by atoms with Gasteiger partial charge in [0.15, 0.2) is 5.13 Å². The Labute approximate surface area is 172 Å². The van der Waals surface area contributed by atoms with Crippen LogP contribution in [0.3, 0.4) is 0 Å². The van der Waals surface area contributed by atoms with Crippen LogP contribution in [0.5, 0.6) is 0 Å². The van der Waals surface area contributed by atoms with Crippen LogP contribution in [-0.2, 0) is 9.53 Å². The van der Waals surface area contributed by atoms with Gasteiger partial charge in [0.1, 0.15) is 5.82 Å². The maximum atomic E-state index is 13.0. The van der Waals surface area contributed by atoms with Crippen molar-refractivity contribution >= 4 is 34.1 Å². The summed E-state index contributed by atoms with van der Waals surface area (Å²) >= 11 is 1.33. The summed E-state index contributed by atoms with van der Waals surface area (Å²) in [4.78, 5) is 18.9. The summed E-state index contributed by atoms with van der Waals surface area (Å²) in [6, 6.07) is 14.2. The van der Waals surface area contributed by atoms with E-state index in [0.717, 1.165) is 43.1 Å². The fourth-order valence-electron chi connectivity index (χ4n) is 3.02. The lowest BCUT2D eigenvalue weighted by Gasteiger charge is -2.28. The maximum absolute atomic E-state index is 13.0. The Kier molecular flexibility index (Phi) is 5.97. The molecule has 5 nitrogen and oxygen atoms in total. The minimum Gasteiger partial charge on any atom is -0.378 e. The van der Waals surface area contributed by atoms with E-state index in [1.807, 2.05) is 17.5 Å². The van der Waals surface area contributed by atoms with E-state index in [2.05, 4.69) is 27.3 Å². The van der Waals surface area contributed by atoms with Crippen LogP contribution < -0.4 is 10.2 Å². The van der Waals surface area contributed by atoms with Crippen LogP contribution in [-0.4, -0.2) is 37.2 Å². The number of anilines is 2. The highest BCUT2D eigenvalue weighted by atomic mass is 32.1. The van der Waals surface area contributed by atoms with E-state index in [0.29, 0.717) is 10.8 Å². The maximum Gasteiger partial charge on any atom is 0.250 e. The van der Waals surface area contributed by atoms with Gasteiger partial charge in [0.05, 0.1) is 18.9 Å². The van der Waals surface area contributed by atoms with E-state index in [-0.39, 0.29) is 11.7 Å². The second-order valence-corrected chi connectivity index (χ2v) is 7.42. The normalized spacial score (nSPS) is 14.3. The largest absolute Gasteiger partial charge is 0.378 e. The SMILES string of the molecule is O=C(/C=C/c1ccc(N2CCOCC2)cc1)Nc1nc(-c2ccc(F)cc2)cs1. The number of carbonyl (C=O) groups excluding carboxylic acids is 1. The van der Waals surface area contributed by atoms with E-state index < -0.39 is 0 Å². The first-order valence-corrected chi connectivity index (χ1v) is 10.2. The molecule has 1 aliphatic heterocycles. The van der Waals surface area contributed by atoms with Crippen molar-refractivity contribution in [1.82, 2.24) is 4.98 Å². The van der Waals surface area contributed by atoms with Gasteiger partial charge < -0.3 is 9.64 Å². The zero-order valence-corrected chi connectivity index (χ0v) is 16.5. The number of ether oxygens (including phenoxy) is 1. The minimum atomic E-state index is -0.291.